The molecule has 0 bridgehead atoms. The maximum atomic E-state index is 12.4. The van der Waals surface area contributed by atoms with Gasteiger partial charge in [0, 0.05) is 21.1 Å². The molecule has 0 saturated heterocycles. The first-order valence-electron chi connectivity index (χ1n) is 6.60. The van der Waals surface area contributed by atoms with Crippen molar-refractivity contribution in [2.45, 2.75) is 0 Å². The molecular weight excluding hydrogens is 380 g/mol. The maximum Gasteiger partial charge on any atom is 0.162 e. The smallest absolute Gasteiger partial charge is 0.162 e. The summed E-state index contributed by atoms with van der Waals surface area (Å²) >= 11 is 2.26. The van der Waals surface area contributed by atoms with Crippen molar-refractivity contribution >= 4 is 39.3 Å². The fourth-order valence-corrected chi connectivity index (χ4v) is 2.46. The van der Waals surface area contributed by atoms with Gasteiger partial charge in [0.1, 0.15) is 12.5 Å². The number of fused-ring (bicyclic) bond motifs is 1. The van der Waals surface area contributed by atoms with Crippen molar-refractivity contribution in [2.24, 2.45) is 0 Å². The van der Waals surface area contributed by atoms with E-state index in [0.29, 0.717) is 11.6 Å². The van der Waals surface area contributed by atoms with Gasteiger partial charge in [-0.05, 0) is 46.9 Å². The Morgan fingerprint density at radius 2 is 1.76 bits per heavy atom. The standard InChI is InChI=1S/C16H13FIN3/c17-9-10-19-16-13-3-1-2-4-14(13)20-15(21-16)11-5-7-12(18)8-6-11/h1-8H,9-10H2,(H,19,20,21). The van der Waals surface area contributed by atoms with Crippen molar-refractivity contribution in [3.8, 4) is 11.4 Å². The first-order valence-corrected chi connectivity index (χ1v) is 7.68. The number of nitrogens with one attached hydrogen (secondary N) is 1. The summed E-state index contributed by atoms with van der Waals surface area (Å²) in [6.07, 6.45) is 0. The molecule has 0 fully saturated rings. The molecule has 0 atom stereocenters. The van der Waals surface area contributed by atoms with Crippen molar-refractivity contribution in [1.82, 2.24) is 9.97 Å². The summed E-state index contributed by atoms with van der Waals surface area (Å²) in [6.45, 7) is -0.190. The average Bonchev–Trinajstić information content (AvgIpc) is 2.53. The van der Waals surface area contributed by atoms with Crippen LogP contribution in [0.4, 0.5) is 10.2 Å². The molecule has 3 rings (SSSR count). The van der Waals surface area contributed by atoms with Gasteiger partial charge < -0.3 is 5.32 Å². The maximum absolute atomic E-state index is 12.4. The third-order valence-corrected chi connectivity index (χ3v) is 3.81. The van der Waals surface area contributed by atoms with Gasteiger partial charge >= 0.3 is 0 Å². The molecule has 0 spiro atoms. The number of para-hydroxylation sites is 1. The molecule has 106 valence electrons. The van der Waals surface area contributed by atoms with E-state index in [1.807, 2.05) is 48.5 Å². The zero-order valence-electron chi connectivity index (χ0n) is 11.2. The van der Waals surface area contributed by atoms with Crippen molar-refractivity contribution < 1.29 is 4.39 Å². The SMILES string of the molecule is FCCNc1nc(-c2ccc(I)cc2)nc2ccccc12. The van der Waals surface area contributed by atoms with E-state index in [4.69, 9.17) is 0 Å². The summed E-state index contributed by atoms with van der Waals surface area (Å²) in [5.41, 5.74) is 1.80. The molecule has 0 amide bonds. The normalized spacial score (nSPS) is 10.8. The van der Waals surface area contributed by atoms with E-state index in [0.717, 1.165) is 20.0 Å². The Bertz CT molecular complexity index is 759. The Balaban J connectivity index is 2.12. The fraction of sp³-hybridized carbons (Fsp3) is 0.125. The van der Waals surface area contributed by atoms with E-state index in [-0.39, 0.29) is 6.54 Å². The molecule has 0 aliphatic heterocycles. The van der Waals surface area contributed by atoms with Gasteiger partial charge in [-0.15, -0.1) is 0 Å². The number of hydrogen-bond donors (Lipinski definition) is 1. The van der Waals surface area contributed by atoms with Gasteiger partial charge in [0.2, 0.25) is 0 Å². The largest absolute Gasteiger partial charge is 0.367 e. The first-order chi connectivity index (χ1) is 10.3. The topological polar surface area (TPSA) is 37.8 Å². The second-order valence-electron chi connectivity index (χ2n) is 4.54. The highest BCUT2D eigenvalue weighted by atomic mass is 127. The van der Waals surface area contributed by atoms with Crippen LogP contribution in [-0.2, 0) is 0 Å². The molecule has 3 aromatic rings. The van der Waals surface area contributed by atoms with E-state index in [1.54, 1.807) is 0 Å². The van der Waals surface area contributed by atoms with Gasteiger partial charge in [-0.25, -0.2) is 14.4 Å². The highest BCUT2D eigenvalue weighted by molar-refractivity contribution is 14.1. The van der Waals surface area contributed by atoms with Gasteiger partial charge in [-0.1, -0.05) is 24.3 Å². The lowest BCUT2D eigenvalue weighted by molar-refractivity contribution is 0.512. The van der Waals surface area contributed by atoms with Gasteiger partial charge in [0.25, 0.3) is 0 Å². The van der Waals surface area contributed by atoms with Gasteiger partial charge in [-0.2, -0.15) is 0 Å². The Morgan fingerprint density at radius 3 is 2.52 bits per heavy atom. The molecule has 3 nitrogen and oxygen atoms in total. The number of hydrogen-bond acceptors (Lipinski definition) is 3. The quantitative estimate of drug-likeness (QED) is 0.673. The Labute approximate surface area is 135 Å². The number of rotatable bonds is 4. The van der Waals surface area contributed by atoms with Crippen molar-refractivity contribution in [1.29, 1.82) is 0 Å². The lowest BCUT2D eigenvalue weighted by atomic mass is 10.2. The number of aromatic nitrogens is 2. The van der Waals surface area contributed by atoms with Crippen LogP contribution in [0.15, 0.2) is 48.5 Å². The van der Waals surface area contributed by atoms with Crippen molar-refractivity contribution in [3.05, 3.63) is 52.1 Å². The van der Waals surface area contributed by atoms with Crippen LogP contribution in [0.2, 0.25) is 0 Å². The summed E-state index contributed by atoms with van der Waals surface area (Å²) in [6, 6.07) is 15.8. The predicted octanol–water partition coefficient (Wildman–Crippen LogP) is 4.28. The second kappa shape index (κ2) is 6.34. The fourth-order valence-electron chi connectivity index (χ4n) is 2.11. The van der Waals surface area contributed by atoms with Crippen LogP contribution in [0.1, 0.15) is 0 Å². The average molecular weight is 393 g/mol. The van der Waals surface area contributed by atoms with Gasteiger partial charge in [0.05, 0.1) is 5.52 Å². The number of anilines is 1. The van der Waals surface area contributed by atoms with Crippen LogP contribution < -0.4 is 5.32 Å². The molecule has 0 unspecified atom stereocenters. The van der Waals surface area contributed by atoms with E-state index < -0.39 is 6.67 Å². The zero-order valence-corrected chi connectivity index (χ0v) is 13.3. The first kappa shape index (κ1) is 14.2. The summed E-state index contributed by atoms with van der Waals surface area (Å²) in [4.78, 5) is 9.14. The number of nitrogens with zero attached hydrogens (tertiary/aromatic N) is 2. The number of halogens is 2. The zero-order chi connectivity index (χ0) is 14.7. The highest BCUT2D eigenvalue weighted by Gasteiger charge is 2.08. The van der Waals surface area contributed by atoms with E-state index >= 15 is 0 Å². The van der Waals surface area contributed by atoms with Crippen LogP contribution in [-0.4, -0.2) is 23.2 Å². The van der Waals surface area contributed by atoms with Gasteiger partial charge in [-0.3, -0.25) is 0 Å². The van der Waals surface area contributed by atoms with E-state index in [2.05, 4.69) is 37.9 Å². The second-order valence-corrected chi connectivity index (χ2v) is 5.78. The van der Waals surface area contributed by atoms with E-state index in [1.165, 1.54) is 0 Å². The van der Waals surface area contributed by atoms with Crippen LogP contribution >= 0.6 is 22.6 Å². The molecule has 0 aliphatic carbocycles. The minimum Gasteiger partial charge on any atom is -0.367 e. The molecule has 21 heavy (non-hydrogen) atoms. The molecule has 0 saturated carbocycles. The summed E-state index contributed by atoms with van der Waals surface area (Å²) in [5.74, 6) is 1.32. The summed E-state index contributed by atoms with van der Waals surface area (Å²) < 4.78 is 13.6. The molecule has 2 aromatic carbocycles. The lowest BCUT2D eigenvalue weighted by Gasteiger charge is -2.10. The van der Waals surface area contributed by atoms with E-state index in [9.17, 15) is 4.39 Å². The van der Waals surface area contributed by atoms with Crippen molar-refractivity contribution in [3.63, 3.8) is 0 Å². The molecular formula is C16H13FIN3. The molecule has 0 aliphatic rings. The van der Waals surface area contributed by atoms with Crippen molar-refractivity contribution in [2.75, 3.05) is 18.5 Å². The molecule has 1 aromatic heterocycles. The van der Waals surface area contributed by atoms with Crippen LogP contribution in [0.5, 0.6) is 0 Å². The third-order valence-electron chi connectivity index (χ3n) is 3.09. The number of benzene rings is 2. The summed E-state index contributed by atoms with van der Waals surface area (Å²) in [5, 5.41) is 3.93. The van der Waals surface area contributed by atoms with Gasteiger partial charge in [0.15, 0.2) is 5.82 Å². The minimum absolute atomic E-state index is 0.243. The Hall–Kier alpha value is -1.76. The lowest BCUT2D eigenvalue weighted by Crippen LogP contribution is -2.06. The highest BCUT2D eigenvalue weighted by Crippen LogP contribution is 2.25. The molecule has 0 radical (unpaired) electrons. The van der Waals surface area contributed by atoms with Crippen LogP contribution in [0.3, 0.4) is 0 Å². The minimum atomic E-state index is -0.433. The Morgan fingerprint density at radius 1 is 1.00 bits per heavy atom. The third kappa shape index (κ3) is 3.12. The number of alkyl halides is 1. The predicted molar refractivity (Wildman–Crippen MR) is 92.2 cm³/mol. The molecule has 5 heteroatoms. The summed E-state index contributed by atoms with van der Waals surface area (Å²) in [7, 11) is 0. The van der Waals surface area contributed by atoms with Crippen LogP contribution in [0, 0.1) is 3.57 Å². The van der Waals surface area contributed by atoms with Crippen LogP contribution in [0.25, 0.3) is 22.3 Å². The Kier molecular flexibility index (Phi) is 4.28. The molecule has 1 N–H and O–H groups in total. The monoisotopic (exact) mass is 393 g/mol. The molecule has 1 heterocycles.